The van der Waals surface area contributed by atoms with Gasteiger partial charge in [0.05, 0.1) is 0 Å². The zero-order valence-electron chi connectivity index (χ0n) is 16.0. The second-order valence-corrected chi connectivity index (χ2v) is 7.63. The zero-order valence-corrected chi connectivity index (χ0v) is 16.0. The predicted octanol–water partition coefficient (Wildman–Crippen LogP) is 1.87. The number of piperazine rings is 1. The van der Waals surface area contributed by atoms with Crippen LogP contribution < -0.4 is 0 Å². The molecule has 2 fully saturated rings. The van der Waals surface area contributed by atoms with E-state index in [-0.39, 0.29) is 6.03 Å². The molecular formula is C20H28N6O. The molecule has 2 aromatic rings. The Labute approximate surface area is 160 Å². The highest BCUT2D eigenvalue weighted by molar-refractivity contribution is 5.74. The second-order valence-electron chi connectivity index (χ2n) is 7.63. The molecule has 0 radical (unpaired) electrons. The van der Waals surface area contributed by atoms with Gasteiger partial charge >= 0.3 is 6.03 Å². The number of urea groups is 1. The topological polar surface area (TPSA) is 57.5 Å². The Kier molecular flexibility index (Phi) is 5.38. The molecule has 27 heavy (non-hydrogen) atoms. The lowest BCUT2D eigenvalue weighted by Gasteiger charge is -2.39. The molecule has 0 bridgehead atoms. The van der Waals surface area contributed by atoms with E-state index in [4.69, 9.17) is 0 Å². The van der Waals surface area contributed by atoms with Crippen LogP contribution in [0.3, 0.4) is 0 Å². The summed E-state index contributed by atoms with van der Waals surface area (Å²) in [5.74, 6) is 1.38. The van der Waals surface area contributed by atoms with E-state index >= 15 is 0 Å². The van der Waals surface area contributed by atoms with E-state index in [1.54, 1.807) is 0 Å². The first-order valence-corrected chi connectivity index (χ1v) is 9.83. The molecule has 2 aliphatic heterocycles. The summed E-state index contributed by atoms with van der Waals surface area (Å²) in [5, 5.41) is 0. The molecule has 2 aromatic heterocycles. The van der Waals surface area contributed by atoms with E-state index < -0.39 is 0 Å². The first-order chi connectivity index (χ1) is 13.2. The summed E-state index contributed by atoms with van der Waals surface area (Å²) in [4.78, 5) is 28.0. The first kappa shape index (κ1) is 18.0. The summed E-state index contributed by atoms with van der Waals surface area (Å²) in [6, 6.07) is 4.27. The van der Waals surface area contributed by atoms with E-state index in [0.717, 1.165) is 64.5 Å². The zero-order chi connectivity index (χ0) is 18.6. The second kappa shape index (κ2) is 8.08. The number of hydrogen-bond acceptors (Lipinski definition) is 4. The van der Waals surface area contributed by atoms with Crippen molar-refractivity contribution in [3.63, 3.8) is 0 Å². The van der Waals surface area contributed by atoms with Crippen LogP contribution in [-0.2, 0) is 6.54 Å². The van der Waals surface area contributed by atoms with Crippen molar-refractivity contribution in [2.24, 2.45) is 0 Å². The molecule has 7 nitrogen and oxygen atoms in total. The summed E-state index contributed by atoms with van der Waals surface area (Å²) < 4.78 is 2.21. The van der Waals surface area contributed by atoms with Gasteiger partial charge in [-0.15, -0.1) is 0 Å². The van der Waals surface area contributed by atoms with Crippen molar-refractivity contribution in [2.45, 2.75) is 25.3 Å². The number of hydrogen-bond donors (Lipinski definition) is 0. The van der Waals surface area contributed by atoms with Crippen molar-refractivity contribution in [2.75, 3.05) is 46.3 Å². The van der Waals surface area contributed by atoms with Crippen molar-refractivity contribution in [3.05, 3.63) is 48.3 Å². The standard InChI is InChI=1S/C20H28N6O/c1-23-11-13-24(14-12-23)20(27)26-9-2-3-18(16-26)19-22-8-10-25(19)15-17-4-6-21-7-5-17/h4-8,10,18H,2-3,9,11-16H2,1H3. The van der Waals surface area contributed by atoms with Crippen molar-refractivity contribution < 1.29 is 4.79 Å². The van der Waals surface area contributed by atoms with Crippen LogP contribution in [0.25, 0.3) is 0 Å². The largest absolute Gasteiger partial charge is 0.330 e. The minimum Gasteiger partial charge on any atom is -0.330 e. The third-order valence-corrected chi connectivity index (χ3v) is 5.68. The van der Waals surface area contributed by atoms with Gasteiger partial charge in [0.1, 0.15) is 5.82 Å². The lowest BCUT2D eigenvalue weighted by molar-refractivity contribution is 0.111. The maximum Gasteiger partial charge on any atom is 0.320 e. The van der Waals surface area contributed by atoms with Crippen LogP contribution in [0.5, 0.6) is 0 Å². The van der Waals surface area contributed by atoms with Gasteiger partial charge in [0, 0.05) is 76.5 Å². The molecule has 4 rings (SSSR count). The molecule has 1 unspecified atom stereocenters. The highest BCUT2D eigenvalue weighted by Crippen LogP contribution is 2.27. The van der Waals surface area contributed by atoms with Gasteiger partial charge in [-0.3, -0.25) is 4.98 Å². The van der Waals surface area contributed by atoms with Crippen LogP contribution in [0.4, 0.5) is 4.79 Å². The lowest BCUT2D eigenvalue weighted by Crippen LogP contribution is -2.53. The van der Waals surface area contributed by atoms with Gasteiger partial charge in [-0.25, -0.2) is 9.78 Å². The quantitative estimate of drug-likeness (QED) is 0.830. The van der Waals surface area contributed by atoms with Crippen LogP contribution in [0.2, 0.25) is 0 Å². The van der Waals surface area contributed by atoms with E-state index in [9.17, 15) is 4.79 Å². The number of carbonyl (C=O) groups is 1. The Balaban J connectivity index is 1.43. The predicted molar refractivity (Wildman–Crippen MR) is 104 cm³/mol. The molecular weight excluding hydrogens is 340 g/mol. The van der Waals surface area contributed by atoms with Crippen molar-refractivity contribution in [3.8, 4) is 0 Å². The van der Waals surface area contributed by atoms with Gasteiger partial charge in [-0.1, -0.05) is 0 Å². The van der Waals surface area contributed by atoms with Crippen LogP contribution in [0.15, 0.2) is 36.9 Å². The average molecular weight is 368 g/mol. The summed E-state index contributed by atoms with van der Waals surface area (Å²) in [6.45, 7) is 5.98. The number of likely N-dealkylation sites (tertiary alicyclic amines) is 1. The molecule has 2 amide bonds. The monoisotopic (exact) mass is 368 g/mol. The average Bonchev–Trinajstić information content (AvgIpc) is 3.17. The Hall–Kier alpha value is -2.41. The molecule has 144 valence electrons. The number of amides is 2. The molecule has 4 heterocycles. The minimum atomic E-state index is 0.194. The van der Waals surface area contributed by atoms with Gasteiger partial charge in [0.25, 0.3) is 0 Å². The number of carbonyl (C=O) groups excluding carboxylic acids is 1. The van der Waals surface area contributed by atoms with Crippen LogP contribution in [-0.4, -0.2) is 81.6 Å². The Morgan fingerprint density at radius 1 is 1.07 bits per heavy atom. The Bertz CT molecular complexity index is 753. The normalized spacial score (nSPS) is 21.4. The van der Waals surface area contributed by atoms with Crippen molar-refractivity contribution >= 4 is 6.03 Å². The van der Waals surface area contributed by atoms with Gasteiger partial charge in [0.15, 0.2) is 0 Å². The van der Waals surface area contributed by atoms with Gasteiger partial charge in [0.2, 0.25) is 0 Å². The van der Waals surface area contributed by atoms with Crippen LogP contribution in [0, 0.1) is 0 Å². The van der Waals surface area contributed by atoms with Crippen molar-refractivity contribution in [1.82, 2.24) is 29.2 Å². The summed E-state index contributed by atoms with van der Waals surface area (Å²) >= 11 is 0. The number of imidazole rings is 1. The van der Waals surface area contributed by atoms with Gasteiger partial charge in [-0.2, -0.15) is 0 Å². The third-order valence-electron chi connectivity index (χ3n) is 5.68. The molecule has 7 heteroatoms. The first-order valence-electron chi connectivity index (χ1n) is 9.83. The molecule has 0 spiro atoms. The molecule has 2 aliphatic rings. The summed E-state index contributed by atoms with van der Waals surface area (Å²) in [7, 11) is 2.11. The van der Waals surface area contributed by atoms with Crippen molar-refractivity contribution in [1.29, 1.82) is 0 Å². The highest BCUT2D eigenvalue weighted by Gasteiger charge is 2.30. The fraction of sp³-hybridized carbons (Fsp3) is 0.550. The Morgan fingerprint density at radius 3 is 2.63 bits per heavy atom. The number of rotatable bonds is 3. The molecule has 0 saturated carbocycles. The fourth-order valence-electron chi connectivity index (χ4n) is 4.06. The number of pyridine rings is 1. The molecule has 0 aliphatic carbocycles. The van der Waals surface area contributed by atoms with E-state index in [1.165, 1.54) is 5.56 Å². The minimum absolute atomic E-state index is 0.194. The fourth-order valence-corrected chi connectivity index (χ4v) is 4.06. The highest BCUT2D eigenvalue weighted by atomic mass is 16.2. The smallest absolute Gasteiger partial charge is 0.320 e. The third kappa shape index (κ3) is 4.13. The number of aromatic nitrogens is 3. The summed E-state index contributed by atoms with van der Waals surface area (Å²) in [5.41, 5.74) is 1.21. The van der Waals surface area contributed by atoms with Crippen LogP contribution >= 0.6 is 0 Å². The molecule has 0 N–H and O–H groups in total. The maximum absolute atomic E-state index is 13.0. The number of nitrogens with zero attached hydrogens (tertiary/aromatic N) is 6. The summed E-state index contributed by atoms with van der Waals surface area (Å²) in [6.07, 6.45) is 9.67. The van der Waals surface area contributed by atoms with E-state index in [0.29, 0.717) is 5.92 Å². The number of likely N-dealkylation sites (N-methyl/N-ethyl adjacent to an activating group) is 1. The Morgan fingerprint density at radius 2 is 1.85 bits per heavy atom. The van der Waals surface area contributed by atoms with Gasteiger partial charge < -0.3 is 19.3 Å². The number of piperidine rings is 1. The van der Waals surface area contributed by atoms with Gasteiger partial charge in [-0.05, 0) is 37.6 Å². The van der Waals surface area contributed by atoms with Crippen LogP contribution in [0.1, 0.15) is 30.1 Å². The lowest BCUT2D eigenvalue weighted by atomic mass is 9.97. The SMILES string of the molecule is CN1CCN(C(=O)N2CCCC(c3nccn3Cc3ccncc3)C2)CC1. The van der Waals surface area contributed by atoms with E-state index in [1.807, 2.05) is 46.7 Å². The molecule has 1 atom stereocenters. The van der Waals surface area contributed by atoms with E-state index in [2.05, 4.69) is 26.5 Å². The maximum atomic E-state index is 13.0. The molecule has 2 saturated heterocycles. The molecule has 0 aromatic carbocycles.